The zero-order chi connectivity index (χ0) is 21.8. The molecule has 0 fully saturated rings. The highest BCUT2D eigenvalue weighted by Crippen LogP contribution is 2.49. The molecule has 0 N–H and O–H groups in total. The third-order valence-corrected chi connectivity index (χ3v) is 7.09. The first-order valence-electron chi connectivity index (χ1n) is 11.6. The summed E-state index contributed by atoms with van der Waals surface area (Å²) < 4.78 is 0. The number of hydrogen-bond donors (Lipinski definition) is 0. The van der Waals surface area contributed by atoms with Crippen molar-refractivity contribution in [3.8, 4) is 33.4 Å². The molecule has 0 unspecified atom stereocenters. The van der Waals surface area contributed by atoms with E-state index in [1.54, 1.807) is 0 Å². The summed E-state index contributed by atoms with van der Waals surface area (Å²) in [4.78, 5) is 0. The highest BCUT2D eigenvalue weighted by atomic mass is 14.3. The van der Waals surface area contributed by atoms with Crippen LogP contribution in [0.25, 0.3) is 54.9 Å². The molecule has 7 rings (SSSR count). The monoisotopic (exact) mass is 418 g/mol. The Morgan fingerprint density at radius 1 is 0.333 bits per heavy atom. The van der Waals surface area contributed by atoms with Crippen LogP contribution in [0.3, 0.4) is 0 Å². The summed E-state index contributed by atoms with van der Waals surface area (Å²) in [5.74, 6) is 0. The van der Waals surface area contributed by atoms with Gasteiger partial charge in [0.15, 0.2) is 0 Å². The summed E-state index contributed by atoms with van der Waals surface area (Å²) in [5.41, 5.74) is 10.9. The Hall–Kier alpha value is -4.16. The molecule has 1 aliphatic carbocycles. The Kier molecular flexibility index (Phi) is 4.01. The van der Waals surface area contributed by atoms with Crippen LogP contribution in [0.5, 0.6) is 0 Å². The van der Waals surface area contributed by atoms with E-state index in [4.69, 9.17) is 0 Å². The predicted molar refractivity (Wildman–Crippen MR) is 141 cm³/mol. The lowest BCUT2D eigenvalue weighted by Gasteiger charge is -2.16. The highest BCUT2D eigenvalue weighted by molar-refractivity contribution is 6.07. The molecule has 0 heteroatoms. The minimum absolute atomic E-state index is 0.988. The van der Waals surface area contributed by atoms with Gasteiger partial charge in [-0.1, -0.05) is 121 Å². The third kappa shape index (κ3) is 2.78. The molecule has 0 aromatic heterocycles. The average molecular weight is 419 g/mol. The standard InChI is InChI=1S/C33H22/c1-3-15-26-22(9-1)11-5-17-28(26)30-19-7-13-24-21-25-14-8-20-31(33(25)32(24)30)29-18-6-12-23-10-2-4-16-27(23)29/h1-20H,21H2. The second-order valence-corrected chi connectivity index (χ2v) is 8.91. The normalized spacial score (nSPS) is 12.1. The fourth-order valence-electron chi connectivity index (χ4n) is 5.66. The van der Waals surface area contributed by atoms with Crippen LogP contribution in [0.15, 0.2) is 121 Å². The van der Waals surface area contributed by atoms with Gasteiger partial charge in [0, 0.05) is 0 Å². The van der Waals surface area contributed by atoms with E-state index >= 15 is 0 Å². The molecule has 154 valence electrons. The van der Waals surface area contributed by atoms with Gasteiger partial charge >= 0.3 is 0 Å². The average Bonchev–Trinajstić information content (AvgIpc) is 3.27. The van der Waals surface area contributed by atoms with Crippen LogP contribution in [0.2, 0.25) is 0 Å². The quantitative estimate of drug-likeness (QED) is 0.263. The fourth-order valence-corrected chi connectivity index (χ4v) is 5.66. The molecule has 1 aliphatic rings. The molecule has 0 saturated heterocycles. The third-order valence-electron chi connectivity index (χ3n) is 7.09. The first kappa shape index (κ1) is 18.4. The van der Waals surface area contributed by atoms with Gasteiger partial charge in [-0.2, -0.15) is 0 Å². The lowest BCUT2D eigenvalue weighted by Crippen LogP contribution is -1.90. The maximum atomic E-state index is 2.30. The Morgan fingerprint density at radius 2 is 0.727 bits per heavy atom. The van der Waals surface area contributed by atoms with Gasteiger partial charge in [-0.25, -0.2) is 0 Å². The maximum Gasteiger partial charge on any atom is -0.00130 e. The van der Waals surface area contributed by atoms with Crippen molar-refractivity contribution in [2.75, 3.05) is 0 Å². The lowest BCUT2D eigenvalue weighted by molar-refractivity contribution is 1.26. The van der Waals surface area contributed by atoms with Crippen molar-refractivity contribution in [1.29, 1.82) is 0 Å². The van der Waals surface area contributed by atoms with E-state index in [1.807, 2.05) is 0 Å². The molecule has 0 bridgehead atoms. The van der Waals surface area contributed by atoms with Gasteiger partial charge in [-0.15, -0.1) is 0 Å². The van der Waals surface area contributed by atoms with Gasteiger partial charge in [0.25, 0.3) is 0 Å². The van der Waals surface area contributed by atoms with Crippen molar-refractivity contribution >= 4 is 21.5 Å². The van der Waals surface area contributed by atoms with Crippen LogP contribution >= 0.6 is 0 Å². The zero-order valence-corrected chi connectivity index (χ0v) is 18.3. The Balaban J connectivity index is 1.55. The minimum Gasteiger partial charge on any atom is -0.0616 e. The van der Waals surface area contributed by atoms with Gasteiger partial charge in [-0.3, -0.25) is 0 Å². The Labute approximate surface area is 193 Å². The molecule has 6 aromatic rings. The van der Waals surface area contributed by atoms with Gasteiger partial charge in [-0.05, 0) is 72.5 Å². The van der Waals surface area contributed by atoms with E-state index in [0.29, 0.717) is 0 Å². The van der Waals surface area contributed by atoms with Crippen molar-refractivity contribution in [3.05, 3.63) is 132 Å². The molecule has 0 radical (unpaired) electrons. The molecule has 0 saturated carbocycles. The summed E-state index contributed by atoms with van der Waals surface area (Å²) in [6, 6.07) is 44.4. The molecule has 0 aliphatic heterocycles. The molecule has 0 spiro atoms. The largest absolute Gasteiger partial charge is 0.0616 e. The van der Waals surface area contributed by atoms with Crippen LogP contribution in [0.4, 0.5) is 0 Å². The van der Waals surface area contributed by atoms with Crippen LogP contribution in [-0.4, -0.2) is 0 Å². The number of hydrogen-bond acceptors (Lipinski definition) is 0. The van der Waals surface area contributed by atoms with Crippen LogP contribution in [0, 0.1) is 0 Å². The van der Waals surface area contributed by atoms with Crippen LogP contribution < -0.4 is 0 Å². The minimum atomic E-state index is 0.988. The molecule has 0 amide bonds. The van der Waals surface area contributed by atoms with Crippen molar-refractivity contribution in [3.63, 3.8) is 0 Å². The SMILES string of the molecule is c1cc2c(c(-c3cccc4ccccc34)c1)-c1c(cccc1-c1cccc3ccccc13)C2. The van der Waals surface area contributed by atoms with E-state index in [9.17, 15) is 0 Å². The van der Waals surface area contributed by atoms with E-state index in [1.165, 1.54) is 66.1 Å². The first-order valence-corrected chi connectivity index (χ1v) is 11.6. The van der Waals surface area contributed by atoms with Gasteiger partial charge in [0.05, 0.1) is 0 Å². The molecule has 6 aromatic carbocycles. The maximum absolute atomic E-state index is 2.30. The summed E-state index contributed by atoms with van der Waals surface area (Å²) in [5, 5.41) is 5.19. The molecule has 0 heterocycles. The number of fused-ring (bicyclic) bond motifs is 5. The van der Waals surface area contributed by atoms with Crippen molar-refractivity contribution in [2.45, 2.75) is 6.42 Å². The summed E-state index contributed by atoms with van der Waals surface area (Å²) in [6.07, 6.45) is 0.988. The molecular weight excluding hydrogens is 396 g/mol. The van der Waals surface area contributed by atoms with Gasteiger partial charge < -0.3 is 0 Å². The topological polar surface area (TPSA) is 0 Å². The van der Waals surface area contributed by atoms with Gasteiger partial charge in [0.2, 0.25) is 0 Å². The number of rotatable bonds is 2. The molecule has 0 nitrogen and oxygen atoms in total. The first-order chi connectivity index (χ1) is 16.4. The molecular formula is C33H22. The lowest BCUT2D eigenvalue weighted by atomic mass is 9.87. The summed E-state index contributed by atoms with van der Waals surface area (Å²) >= 11 is 0. The fraction of sp³-hybridized carbons (Fsp3) is 0.0303. The van der Waals surface area contributed by atoms with Gasteiger partial charge in [0.1, 0.15) is 0 Å². The van der Waals surface area contributed by atoms with E-state index in [-0.39, 0.29) is 0 Å². The Morgan fingerprint density at radius 3 is 1.24 bits per heavy atom. The number of benzene rings is 6. The van der Waals surface area contributed by atoms with Crippen LogP contribution in [0.1, 0.15) is 11.1 Å². The second-order valence-electron chi connectivity index (χ2n) is 8.91. The smallest absolute Gasteiger partial charge is 0.00130 e. The van der Waals surface area contributed by atoms with E-state index in [2.05, 4.69) is 121 Å². The van der Waals surface area contributed by atoms with E-state index < -0.39 is 0 Å². The zero-order valence-electron chi connectivity index (χ0n) is 18.3. The Bertz CT molecular complexity index is 1550. The highest BCUT2D eigenvalue weighted by Gasteiger charge is 2.26. The van der Waals surface area contributed by atoms with E-state index in [0.717, 1.165) is 6.42 Å². The van der Waals surface area contributed by atoms with Crippen LogP contribution in [-0.2, 0) is 6.42 Å². The van der Waals surface area contributed by atoms with Crippen molar-refractivity contribution in [2.24, 2.45) is 0 Å². The second kappa shape index (κ2) is 7.18. The summed E-state index contributed by atoms with van der Waals surface area (Å²) in [7, 11) is 0. The molecule has 33 heavy (non-hydrogen) atoms. The van der Waals surface area contributed by atoms with Crippen molar-refractivity contribution in [1.82, 2.24) is 0 Å². The van der Waals surface area contributed by atoms with Crippen molar-refractivity contribution < 1.29 is 0 Å². The predicted octanol–water partition coefficient (Wildman–Crippen LogP) is 8.90. The summed E-state index contributed by atoms with van der Waals surface area (Å²) in [6.45, 7) is 0. The molecule has 0 atom stereocenters.